The summed E-state index contributed by atoms with van der Waals surface area (Å²) >= 11 is 0. The Bertz CT molecular complexity index is 1030. The molecule has 1 aliphatic carbocycles. The molecule has 1 aromatic heterocycles. The predicted molar refractivity (Wildman–Crippen MR) is 97.9 cm³/mol. The molecule has 2 unspecified atom stereocenters. The molecule has 4 rings (SSSR count). The highest BCUT2D eigenvalue weighted by Gasteiger charge is 2.29. The van der Waals surface area contributed by atoms with Crippen LogP contribution >= 0.6 is 0 Å². The van der Waals surface area contributed by atoms with E-state index in [0.29, 0.717) is 29.3 Å². The third-order valence-electron chi connectivity index (χ3n) is 4.76. The van der Waals surface area contributed by atoms with Gasteiger partial charge in [-0.15, -0.1) is 0 Å². The fraction of sp³-hybridized carbons (Fsp3) is 0.250. The number of aromatic nitrogens is 2. The Morgan fingerprint density at radius 3 is 2.71 bits per heavy atom. The summed E-state index contributed by atoms with van der Waals surface area (Å²) in [6.07, 6.45) is 2.30. The van der Waals surface area contributed by atoms with Crippen LogP contribution in [0.1, 0.15) is 41.4 Å². The minimum absolute atomic E-state index is 0.000854. The zero-order valence-corrected chi connectivity index (χ0v) is 14.9. The number of amides is 1. The molecule has 7 nitrogen and oxygen atoms in total. The van der Waals surface area contributed by atoms with Crippen LogP contribution in [-0.2, 0) is 0 Å². The Kier molecular flexibility index (Phi) is 4.92. The van der Waals surface area contributed by atoms with Gasteiger partial charge in [0.15, 0.2) is 5.82 Å². The summed E-state index contributed by atoms with van der Waals surface area (Å²) < 4.78 is 23.3. The SMILES string of the molecule is O=C(NC1CCC(c2noc(=O)[nH]2)C1)c1ccc(Oc2cccc(F)c2)cc1. The molecule has 0 spiro atoms. The molecule has 1 saturated carbocycles. The first-order valence-corrected chi connectivity index (χ1v) is 8.97. The van der Waals surface area contributed by atoms with Crippen molar-refractivity contribution in [2.75, 3.05) is 0 Å². The van der Waals surface area contributed by atoms with Crippen molar-refractivity contribution in [3.63, 3.8) is 0 Å². The number of carbonyl (C=O) groups is 1. The molecule has 0 bridgehead atoms. The van der Waals surface area contributed by atoms with Gasteiger partial charge in [0.2, 0.25) is 0 Å². The van der Waals surface area contributed by atoms with Gasteiger partial charge in [-0.25, -0.2) is 9.18 Å². The average Bonchev–Trinajstić information content (AvgIpc) is 3.31. The summed E-state index contributed by atoms with van der Waals surface area (Å²) in [4.78, 5) is 26.1. The van der Waals surface area contributed by atoms with Crippen LogP contribution in [0.3, 0.4) is 0 Å². The molecule has 2 aromatic carbocycles. The molecule has 2 N–H and O–H groups in total. The molecule has 0 radical (unpaired) electrons. The Hall–Kier alpha value is -3.42. The minimum Gasteiger partial charge on any atom is -0.457 e. The first-order valence-electron chi connectivity index (χ1n) is 8.97. The lowest BCUT2D eigenvalue weighted by atomic mass is 10.1. The van der Waals surface area contributed by atoms with Gasteiger partial charge >= 0.3 is 5.76 Å². The Morgan fingerprint density at radius 1 is 1.18 bits per heavy atom. The molecule has 8 heteroatoms. The number of halogens is 1. The smallest absolute Gasteiger partial charge is 0.438 e. The van der Waals surface area contributed by atoms with Crippen LogP contribution in [0, 0.1) is 5.82 Å². The minimum atomic E-state index is -0.567. The zero-order chi connectivity index (χ0) is 19.5. The topological polar surface area (TPSA) is 97.2 Å². The highest BCUT2D eigenvalue weighted by molar-refractivity contribution is 5.94. The third kappa shape index (κ3) is 4.11. The molecule has 0 saturated heterocycles. The van der Waals surface area contributed by atoms with E-state index < -0.39 is 5.76 Å². The summed E-state index contributed by atoms with van der Waals surface area (Å²) in [5, 5.41) is 6.72. The number of nitrogens with zero attached hydrogens (tertiary/aromatic N) is 1. The number of hydrogen-bond donors (Lipinski definition) is 2. The fourth-order valence-corrected chi connectivity index (χ4v) is 3.39. The summed E-state index contributed by atoms with van der Waals surface area (Å²) in [5.74, 6) is 0.371. The monoisotopic (exact) mass is 383 g/mol. The lowest BCUT2D eigenvalue weighted by Crippen LogP contribution is -2.32. The van der Waals surface area contributed by atoms with Crippen molar-refractivity contribution in [3.8, 4) is 11.5 Å². The summed E-state index contributed by atoms with van der Waals surface area (Å²) in [7, 11) is 0. The van der Waals surface area contributed by atoms with E-state index in [4.69, 9.17) is 4.74 Å². The van der Waals surface area contributed by atoms with E-state index in [-0.39, 0.29) is 23.7 Å². The van der Waals surface area contributed by atoms with E-state index in [0.717, 1.165) is 12.8 Å². The second kappa shape index (κ2) is 7.67. The van der Waals surface area contributed by atoms with E-state index in [1.807, 2.05) is 0 Å². The molecule has 3 aromatic rings. The molecule has 144 valence electrons. The molecule has 1 fully saturated rings. The van der Waals surface area contributed by atoms with Gasteiger partial charge in [0.05, 0.1) is 0 Å². The molecule has 1 heterocycles. The number of carbonyl (C=O) groups excluding carboxylic acids is 1. The van der Waals surface area contributed by atoms with E-state index >= 15 is 0 Å². The molecular formula is C20H18FN3O4. The van der Waals surface area contributed by atoms with Crippen LogP contribution in [0.5, 0.6) is 11.5 Å². The Labute approximate surface area is 159 Å². The van der Waals surface area contributed by atoms with Gasteiger partial charge in [0.1, 0.15) is 17.3 Å². The van der Waals surface area contributed by atoms with E-state index in [2.05, 4.69) is 20.0 Å². The zero-order valence-electron chi connectivity index (χ0n) is 14.9. The number of rotatable bonds is 5. The number of nitrogens with one attached hydrogen (secondary N) is 2. The summed E-state index contributed by atoms with van der Waals surface area (Å²) in [5.41, 5.74) is 0.505. The number of aromatic amines is 1. The van der Waals surface area contributed by atoms with Crippen LogP contribution in [0.2, 0.25) is 0 Å². The first kappa shape index (κ1) is 18.0. The molecule has 2 atom stereocenters. The maximum atomic E-state index is 13.2. The molecular weight excluding hydrogens is 365 g/mol. The molecule has 0 aliphatic heterocycles. The maximum Gasteiger partial charge on any atom is 0.438 e. The second-order valence-electron chi connectivity index (χ2n) is 6.74. The van der Waals surface area contributed by atoms with Gasteiger partial charge in [-0.1, -0.05) is 11.2 Å². The van der Waals surface area contributed by atoms with Gasteiger partial charge < -0.3 is 10.1 Å². The van der Waals surface area contributed by atoms with Crippen molar-refractivity contribution in [1.29, 1.82) is 0 Å². The van der Waals surface area contributed by atoms with Crippen LogP contribution in [0.25, 0.3) is 0 Å². The number of benzene rings is 2. The Balaban J connectivity index is 1.34. The number of ether oxygens (including phenoxy) is 1. The number of H-pyrrole nitrogens is 1. The lowest BCUT2D eigenvalue weighted by Gasteiger charge is -2.13. The molecule has 1 amide bonds. The maximum absolute atomic E-state index is 13.2. The van der Waals surface area contributed by atoms with Crippen LogP contribution < -0.4 is 15.8 Å². The second-order valence-corrected chi connectivity index (χ2v) is 6.74. The van der Waals surface area contributed by atoms with Crippen LogP contribution in [0.15, 0.2) is 57.8 Å². The van der Waals surface area contributed by atoms with Gasteiger partial charge in [0.25, 0.3) is 5.91 Å². The highest BCUT2D eigenvalue weighted by Crippen LogP contribution is 2.32. The van der Waals surface area contributed by atoms with E-state index in [9.17, 15) is 14.0 Å². The predicted octanol–water partition coefficient (Wildman–Crippen LogP) is 3.36. The van der Waals surface area contributed by atoms with Crippen LogP contribution in [0.4, 0.5) is 4.39 Å². The van der Waals surface area contributed by atoms with Crippen molar-refractivity contribution >= 4 is 5.91 Å². The van der Waals surface area contributed by atoms with E-state index in [1.54, 1.807) is 36.4 Å². The average molecular weight is 383 g/mol. The van der Waals surface area contributed by atoms with Crippen molar-refractivity contribution < 1.29 is 18.4 Å². The Morgan fingerprint density at radius 2 is 2.00 bits per heavy atom. The molecule has 1 aliphatic rings. The van der Waals surface area contributed by atoms with Gasteiger partial charge in [-0.2, -0.15) is 0 Å². The quantitative estimate of drug-likeness (QED) is 0.704. The first-order chi connectivity index (χ1) is 13.6. The van der Waals surface area contributed by atoms with Crippen LogP contribution in [-0.4, -0.2) is 22.1 Å². The molecule has 28 heavy (non-hydrogen) atoms. The lowest BCUT2D eigenvalue weighted by molar-refractivity contribution is 0.0937. The highest BCUT2D eigenvalue weighted by atomic mass is 19.1. The van der Waals surface area contributed by atoms with Crippen molar-refractivity contribution in [2.45, 2.75) is 31.2 Å². The van der Waals surface area contributed by atoms with Crippen molar-refractivity contribution in [3.05, 3.63) is 76.3 Å². The summed E-state index contributed by atoms with van der Waals surface area (Å²) in [6, 6.07) is 12.5. The summed E-state index contributed by atoms with van der Waals surface area (Å²) in [6.45, 7) is 0. The van der Waals surface area contributed by atoms with Gasteiger partial charge in [-0.3, -0.25) is 14.3 Å². The van der Waals surface area contributed by atoms with Gasteiger partial charge in [0, 0.05) is 23.6 Å². The van der Waals surface area contributed by atoms with E-state index in [1.165, 1.54) is 12.1 Å². The fourth-order valence-electron chi connectivity index (χ4n) is 3.39. The largest absolute Gasteiger partial charge is 0.457 e. The third-order valence-corrected chi connectivity index (χ3v) is 4.76. The van der Waals surface area contributed by atoms with Crippen molar-refractivity contribution in [2.24, 2.45) is 0 Å². The van der Waals surface area contributed by atoms with Crippen molar-refractivity contribution in [1.82, 2.24) is 15.5 Å². The number of hydrogen-bond acceptors (Lipinski definition) is 5. The van der Waals surface area contributed by atoms with Gasteiger partial charge in [-0.05, 0) is 55.7 Å². The standard InChI is InChI=1S/C20H18FN3O4/c21-14-2-1-3-17(11-14)27-16-8-5-12(6-9-16)19(25)22-15-7-4-13(10-15)18-23-20(26)28-24-18/h1-3,5-6,8-9,11,13,15H,4,7,10H2,(H,22,25)(H,23,24,26). The normalized spacial score (nSPS) is 18.8.